The number of methoxy groups -OCH3 is 1. The van der Waals surface area contributed by atoms with E-state index in [4.69, 9.17) is 14.9 Å². The number of ether oxygens (including phenoxy) is 1. The summed E-state index contributed by atoms with van der Waals surface area (Å²) in [6, 6.07) is 0.981. The van der Waals surface area contributed by atoms with Gasteiger partial charge in [0.05, 0.1) is 13.5 Å². The minimum absolute atomic E-state index is 0.115. The first-order valence-corrected chi connectivity index (χ1v) is 5.90. The van der Waals surface area contributed by atoms with Gasteiger partial charge in [0.15, 0.2) is 0 Å². The molecule has 0 aliphatic carbocycles. The Morgan fingerprint density at radius 2 is 2.10 bits per heavy atom. The summed E-state index contributed by atoms with van der Waals surface area (Å²) in [4.78, 5) is 36.7. The zero-order chi connectivity index (χ0) is 15.8. The van der Waals surface area contributed by atoms with E-state index in [-0.39, 0.29) is 6.54 Å². The highest BCUT2D eigenvalue weighted by molar-refractivity contribution is 5.86. The first-order chi connectivity index (χ1) is 9.92. The molecule has 0 aliphatic heterocycles. The number of nitrogens with one attached hydrogen (secondary N) is 2. The van der Waals surface area contributed by atoms with Gasteiger partial charge in [-0.15, -0.1) is 0 Å². The highest BCUT2D eigenvalue weighted by Gasteiger charge is 2.22. The summed E-state index contributed by atoms with van der Waals surface area (Å²) in [5.41, 5.74) is 0.696. The monoisotopic (exact) mass is 297 g/mol. The van der Waals surface area contributed by atoms with Crippen LogP contribution in [0.1, 0.15) is 12.0 Å². The standard InChI is InChI=1S/C12H15N3O6/c1-21-9-4-7(2-3-13-9)6-14-12(20)15-8(11(18)19)5-10(16)17/h2-4,8H,5-6H2,1H3,(H,16,17)(H,18,19)(H2,14,15,20)/t8-/m1/s1. The minimum Gasteiger partial charge on any atom is -0.481 e. The Balaban J connectivity index is 2.52. The van der Waals surface area contributed by atoms with Crippen LogP contribution in [0.15, 0.2) is 18.3 Å². The van der Waals surface area contributed by atoms with Gasteiger partial charge in [-0.3, -0.25) is 4.79 Å². The number of hydrogen-bond acceptors (Lipinski definition) is 5. The Hall–Kier alpha value is -2.84. The maximum atomic E-state index is 11.5. The summed E-state index contributed by atoms with van der Waals surface area (Å²) in [6.45, 7) is 0.115. The van der Waals surface area contributed by atoms with Crippen LogP contribution < -0.4 is 15.4 Å². The normalized spacial score (nSPS) is 11.3. The molecule has 9 nitrogen and oxygen atoms in total. The molecular formula is C12H15N3O6. The number of aromatic nitrogens is 1. The number of carboxylic acid groups (broad SMARTS) is 2. The molecule has 1 atom stereocenters. The molecule has 0 bridgehead atoms. The molecule has 9 heteroatoms. The van der Waals surface area contributed by atoms with E-state index in [1.807, 2.05) is 0 Å². The van der Waals surface area contributed by atoms with Crippen LogP contribution in [0.2, 0.25) is 0 Å². The molecule has 0 unspecified atom stereocenters. The quantitative estimate of drug-likeness (QED) is 0.547. The van der Waals surface area contributed by atoms with Gasteiger partial charge in [-0.2, -0.15) is 0 Å². The third-order valence-corrected chi connectivity index (χ3v) is 2.44. The molecule has 0 fully saturated rings. The number of pyridine rings is 1. The summed E-state index contributed by atoms with van der Waals surface area (Å²) in [5, 5.41) is 21.8. The number of carbonyl (C=O) groups excluding carboxylic acids is 1. The maximum absolute atomic E-state index is 11.5. The molecule has 0 spiro atoms. The zero-order valence-corrected chi connectivity index (χ0v) is 11.2. The van der Waals surface area contributed by atoms with E-state index < -0.39 is 30.4 Å². The van der Waals surface area contributed by atoms with Crippen LogP contribution >= 0.6 is 0 Å². The van der Waals surface area contributed by atoms with Crippen LogP contribution in [0.4, 0.5) is 4.79 Å². The SMILES string of the molecule is COc1cc(CNC(=O)N[C@H](CC(=O)O)C(=O)O)ccn1. The van der Waals surface area contributed by atoms with Crippen molar-refractivity contribution < 1.29 is 29.3 Å². The fraction of sp³-hybridized carbons (Fsp3) is 0.333. The predicted molar refractivity (Wildman–Crippen MR) is 69.8 cm³/mol. The first kappa shape index (κ1) is 16.2. The number of carboxylic acids is 2. The van der Waals surface area contributed by atoms with Crippen molar-refractivity contribution >= 4 is 18.0 Å². The van der Waals surface area contributed by atoms with E-state index in [9.17, 15) is 14.4 Å². The van der Waals surface area contributed by atoms with Gasteiger partial charge in [0.1, 0.15) is 6.04 Å². The molecule has 0 saturated carbocycles. The lowest BCUT2D eigenvalue weighted by atomic mass is 10.2. The van der Waals surface area contributed by atoms with Crippen LogP contribution in [0.5, 0.6) is 5.88 Å². The Bertz CT molecular complexity index is 533. The molecule has 21 heavy (non-hydrogen) atoms. The number of nitrogens with zero attached hydrogens (tertiary/aromatic N) is 1. The summed E-state index contributed by atoms with van der Waals surface area (Å²) < 4.78 is 4.92. The molecule has 1 rings (SSSR count). The largest absolute Gasteiger partial charge is 0.481 e. The Kier molecular flexibility index (Phi) is 5.93. The average Bonchev–Trinajstić information content (AvgIpc) is 2.44. The third kappa shape index (κ3) is 5.76. The number of aliphatic carboxylic acids is 2. The summed E-state index contributed by atoms with van der Waals surface area (Å²) in [6.07, 6.45) is 0.796. The molecule has 0 radical (unpaired) electrons. The van der Waals surface area contributed by atoms with E-state index in [2.05, 4.69) is 15.6 Å². The van der Waals surface area contributed by atoms with Crippen molar-refractivity contribution in [2.45, 2.75) is 19.0 Å². The lowest BCUT2D eigenvalue weighted by molar-refractivity contribution is -0.145. The second kappa shape index (κ2) is 7.68. The van der Waals surface area contributed by atoms with Crippen molar-refractivity contribution in [2.75, 3.05) is 7.11 Å². The molecule has 2 amide bonds. The van der Waals surface area contributed by atoms with E-state index in [1.165, 1.54) is 13.3 Å². The molecule has 0 saturated heterocycles. The lowest BCUT2D eigenvalue weighted by Crippen LogP contribution is -2.46. The van der Waals surface area contributed by atoms with Crippen molar-refractivity contribution in [3.63, 3.8) is 0 Å². The van der Waals surface area contributed by atoms with E-state index >= 15 is 0 Å². The molecule has 0 aromatic carbocycles. The van der Waals surface area contributed by atoms with Gasteiger partial charge in [-0.1, -0.05) is 0 Å². The molecule has 4 N–H and O–H groups in total. The highest BCUT2D eigenvalue weighted by atomic mass is 16.5. The highest BCUT2D eigenvalue weighted by Crippen LogP contribution is 2.07. The zero-order valence-electron chi connectivity index (χ0n) is 11.2. The topological polar surface area (TPSA) is 138 Å². The number of hydrogen-bond donors (Lipinski definition) is 4. The summed E-state index contributed by atoms with van der Waals surface area (Å²) in [5.74, 6) is -2.36. The van der Waals surface area contributed by atoms with Crippen LogP contribution in [0.25, 0.3) is 0 Å². The third-order valence-electron chi connectivity index (χ3n) is 2.44. The van der Waals surface area contributed by atoms with Crippen LogP contribution in [-0.4, -0.2) is 46.3 Å². The lowest BCUT2D eigenvalue weighted by Gasteiger charge is -2.13. The van der Waals surface area contributed by atoms with Gasteiger partial charge < -0.3 is 25.6 Å². The van der Waals surface area contributed by atoms with Crippen molar-refractivity contribution in [3.8, 4) is 5.88 Å². The van der Waals surface area contributed by atoms with Gasteiger partial charge in [0, 0.05) is 18.8 Å². The average molecular weight is 297 g/mol. The maximum Gasteiger partial charge on any atom is 0.326 e. The smallest absolute Gasteiger partial charge is 0.326 e. The Morgan fingerprint density at radius 3 is 2.67 bits per heavy atom. The van der Waals surface area contributed by atoms with Gasteiger partial charge in [-0.05, 0) is 11.6 Å². The van der Waals surface area contributed by atoms with E-state index in [0.29, 0.717) is 11.4 Å². The minimum atomic E-state index is -1.49. The van der Waals surface area contributed by atoms with Gasteiger partial charge in [-0.25, -0.2) is 14.6 Å². The molecule has 114 valence electrons. The van der Waals surface area contributed by atoms with Crippen molar-refractivity contribution in [2.24, 2.45) is 0 Å². The number of carbonyl (C=O) groups is 3. The van der Waals surface area contributed by atoms with Gasteiger partial charge >= 0.3 is 18.0 Å². The Morgan fingerprint density at radius 1 is 1.38 bits per heavy atom. The fourth-order valence-corrected chi connectivity index (χ4v) is 1.44. The first-order valence-electron chi connectivity index (χ1n) is 5.90. The van der Waals surface area contributed by atoms with Gasteiger partial charge in [0.25, 0.3) is 0 Å². The van der Waals surface area contributed by atoms with Gasteiger partial charge in [0.2, 0.25) is 5.88 Å². The molecule has 1 heterocycles. The van der Waals surface area contributed by atoms with Crippen molar-refractivity contribution in [1.29, 1.82) is 0 Å². The summed E-state index contributed by atoms with van der Waals surface area (Å²) in [7, 11) is 1.45. The number of amides is 2. The van der Waals surface area contributed by atoms with Crippen molar-refractivity contribution in [3.05, 3.63) is 23.9 Å². The fourth-order valence-electron chi connectivity index (χ4n) is 1.44. The molecule has 0 aliphatic rings. The van der Waals surface area contributed by atoms with Crippen LogP contribution in [0, 0.1) is 0 Å². The summed E-state index contributed by atoms with van der Waals surface area (Å²) >= 11 is 0. The molecular weight excluding hydrogens is 282 g/mol. The number of rotatable bonds is 7. The predicted octanol–water partition coefficient (Wildman–Crippen LogP) is -0.183. The van der Waals surface area contributed by atoms with Crippen molar-refractivity contribution in [1.82, 2.24) is 15.6 Å². The second-order valence-corrected chi connectivity index (χ2v) is 4.02. The van der Waals surface area contributed by atoms with E-state index in [1.54, 1.807) is 12.1 Å². The molecule has 1 aromatic rings. The molecule has 1 aromatic heterocycles. The van der Waals surface area contributed by atoms with E-state index in [0.717, 1.165) is 0 Å². The van der Waals surface area contributed by atoms with Crippen LogP contribution in [0.3, 0.4) is 0 Å². The Labute approximate surface area is 119 Å². The van der Waals surface area contributed by atoms with Crippen LogP contribution in [-0.2, 0) is 16.1 Å². The number of urea groups is 1. The second-order valence-electron chi connectivity index (χ2n) is 4.02.